The molecule has 7 heteroatoms. The summed E-state index contributed by atoms with van der Waals surface area (Å²) in [4.78, 5) is 28.3. The number of halogens is 1. The van der Waals surface area contributed by atoms with Gasteiger partial charge in [-0.15, -0.1) is 0 Å². The largest absolute Gasteiger partial charge is 0.465 e. The maximum Gasteiger partial charge on any atom is 0.326 e. The Morgan fingerprint density at radius 3 is 2.77 bits per heavy atom. The van der Waals surface area contributed by atoms with E-state index in [1.807, 2.05) is 6.07 Å². The summed E-state index contributed by atoms with van der Waals surface area (Å²) in [5.41, 5.74) is 0.803. The molecule has 0 radical (unpaired) electrons. The van der Waals surface area contributed by atoms with Crippen LogP contribution in [-0.4, -0.2) is 23.1 Å². The number of hydrogen-bond donors (Lipinski definition) is 0. The third-order valence-corrected chi connectivity index (χ3v) is 4.21. The summed E-state index contributed by atoms with van der Waals surface area (Å²) < 4.78 is 7.54. The normalized spacial score (nSPS) is 12.1. The fourth-order valence-corrected chi connectivity index (χ4v) is 3.16. The molecular weight excluding hydrogens is 324 g/mol. The van der Waals surface area contributed by atoms with E-state index in [1.54, 1.807) is 37.5 Å². The molecule has 0 saturated heterocycles. The Kier molecular flexibility index (Phi) is 5.37. The number of amides is 1. The van der Waals surface area contributed by atoms with E-state index in [2.05, 4.69) is 4.99 Å². The molecule has 0 aliphatic carbocycles. The van der Waals surface area contributed by atoms with Gasteiger partial charge in [-0.2, -0.15) is 4.99 Å². The summed E-state index contributed by atoms with van der Waals surface area (Å²) in [6.07, 6.45) is 0. The topological polar surface area (TPSA) is 60.7 Å². The third kappa shape index (κ3) is 3.75. The Hall–Kier alpha value is -1.66. The number of nitrogens with zero attached hydrogens (tertiary/aromatic N) is 2. The molecule has 0 unspecified atom stereocenters. The summed E-state index contributed by atoms with van der Waals surface area (Å²) in [7, 11) is 0. The van der Waals surface area contributed by atoms with E-state index >= 15 is 0 Å². The van der Waals surface area contributed by atoms with Gasteiger partial charge in [0.2, 0.25) is 0 Å². The third-order valence-electron chi connectivity index (χ3n) is 2.94. The van der Waals surface area contributed by atoms with Crippen LogP contribution in [-0.2, 0) is 20.9 Å². The van der Waals surface area contributed by atoms with E-state index in [1.165, 1.54) is 11.3 Å². The number of fused-ring (bicyclic) bond motifs is 1. The van der Waals surface area contributed by atoms with Crippen molar-refractivity contribution in [1.82, 2.24) is 4.57 Å². The lowest BCUT2D eigenvalue weighted by Crippen LogP contribution is -2.23. The summed E-state index contributed by atoms with van der Waals surface area (Å²) in [5, 5.41) is 0.596. The van der Waals surface area contributed by atoms with Crippen LogP contribution in [0.25, 0.3) is 10.2 Å². The monoisotopic (exact) mass is 340 g/mol. The zero-order chi connectivity index (χ0) is 16.3. The smallest absolute Gasteiger partial charge is 0.326 e. The van der Waals surface area contributed by atoms with Gasteiger partial charge >= 0.3 is 5.97 Å². The zero-order valence-corrected chi connectivity index (χ0v) is 14.2. The summed E-state index contributed by atoms with van der Waals surface area (Å²) in [5.74, 6) is -0.796. The van der Waals surface area contributed by atoms with Crippen LogP contribution in [0.5, 0.6) is 0 Å². The van der Waals surface area contributed by atoms with Gasteiger partial charge in [0, 0.05) is 10.9 Å². The molecule has 1 heterocycles. The Morgan fingerprint density at radius 1 is 1.41 bits per heavy atom. The van der Waals surface area contributed by atoms with Gasteiger partial charge in [0.25, 0.3) is 5.91 Å². The van der Waals surface area contributed by atoms with Crippen molar-refractivity contribution < 1.29 is 14.3 Å². The predicted molar refractivity (Wildman–Crippen MR) is 86.9 cm³/mol. The lowest BCUT2D eigenvalue weighted by Gasteiger charge is -2.05. The first-order valence-electron chi connectivity index (χ1n) is 6.95. The van der Waals surface area contributed by atoms with Gasteiger partial charge < -0.3 is 9.30 Å². The fraction of sp³-hybridized carbons (Fsp3) is 0.400. The minimum absolute atomic E-state index is 0.0136. The molecule has 2 aromatic rings. The molecule has 0 bridgehead atoms. The second-order valence-electron chi connectivity index (χ2n) is 4.99. The van der Waals surface area contributed by atoms with E-state index in [0.717, 1.165) is 10.2 Å². The van der Waals surface area contributed by atoms with Gasteiger partial charge in [0.05, 0.1) is 16.8 Å². The molecule has 0 aliphatic rings. The van der Waals surface area contributed by atoms with Gasteiger partial charge in [0.15, 0.2) is 4.80 Å². The van der Waals surface area contributed by atoms with Crippen LogP contribution in [0.4, 0.5) is 0 Å². The molecule has 0 spiro atoms. The van der Waals surface area contributed by atoms with Gasteiger partial charge in [-0.25, -0.2) is 0 Å². The first-order chi connectivity index (χ1) is 10.4. The zero-order valence-electron chi connectivity index (χ0n) is 12.6. The quantitative estimate of drug-likeness (QED) is 0.804. The summed E-state index contributed by atoms with van der Waals surface area (Å²) in [6.45, 7) is 5.64. The molecule has 118 valence electrons. The van der Waals surface area contributed by atoms with Crippen molar-refractivity contribution in [2.75, 3.05) is 6.61 Å². The number of esters is 1. The summed E-state index contributed by atoms with van der Waals surface area (Å²) in [6, 6.07) is 5.35. The van der Waals surface area contributed by atoms with Crippen LogP contribution in [0.15, 0.2) is 23.2 Å². The Morgan fingerprint density at radius 2 is 2.14 bits per heavy atom. The van der Waals surface area contributed by atoms with E-state index in [0.29, 0.717) is 16.4 Å². The number of carbonyl (C=O) groups excluding carboxylic acids is 2. The molecule has 1 aromatic carbocycles. The molecule has 0 saturated carbocycles. The number of thiazole rings is 1. The lowest BCUT2D eigenvalue weighted by molar-refractivity contribution is -0.143. The highest BCUT2D eigenvalue weighted by Crippen LogP contribution is 2.22. The highest BCUT2D eigenvalue weighted by atomic mass is 35.5. The standard InChI is InChI=1S/C15H17ClN2O3S/c1-4-21-13(19)8-18-11-6-5-10(16)7-12(11)22-15(18)17-14(20)9(2)3/h5-7,9H,4,8H2,1-3H3. The Balaban J connectivity index is 2.58. The van der Waals surface area contributed by atoms with Gasteiger partial charge in [-0.05, 0) is 25.1 Å². The van der Waals surface area contributed by atoms with E-state index in [4.69, 9.17) is 16.3 Å². The van der Waals surface area contributed by atoms with Crippen molar-refractivity contribution in [3.63, 3.8) is 0 Å². The summed E-state index contributed by atoms with van der Waals surface area (Å²) >= 11 is 7.33. The van der Waals surface area contributed by atoms with Gasteiger partial charge in [-0.1, -0.05) is 36.8 Å². The van der Waals surface area contributed by atoms with Crippen molar-refractivity contribution in [3.8, 4) is 0 Å². The molecule has 1 aromatic heterocycles. The number of rotatable bonds is 4. The second kappa shape index (κ2) is 7.07. The first kappa shape index (κ1) is 16.7. The molecule has 0 fully saturated rings. The van der Waals surface area contributed by atoms with Crippen LogP contribution in [0.1, 0.15) is 20.8 Å². The number of hydrogen-bond acceptors (Lipinski definition) is 4. The van der Waals surface area contributed by atoms with E-state index in [9.17, 15) is 9.59 Å². The maximum absolute atomic E-state index is 11.9. The van der Waals surface area contributed by atoms with Crippen LogP contribution >= 0.6 is 22.9 Å². The number of aromatic nitrogens is 1. The van der Waals surface area contributed by atoms with E-state index < -0.39 is 0 Å². The highest BCUT2D eigenvalue weighted by molar-refractivity contribution is 7.16. The van der Waals surface area contributed by atoms with Crippen molar-refractivity contribution in [3.05, 3.63) is 28.0 Å². The molecule has 0 N–H and O–H groups in total. The average Bonchev–Trinajstić information content (AvgIpc) is 2.75. The lowest BCUT2D eigenvalue weighted by atomic mass is 10.2. The van der Waals surface area contributed by atoms with Crippen LogP contribution in [0.2, 0.25) is 5.02 Å². The fourth-order valence-electron chi connectivity index (χ4n) is 1.84. The molecule has 2 rings (SSSR count). The average molecular weight is 341 g/mol. The van der Waals surface area contributed by atoms with E-state index in [-0.39, 0.29) is 24.3 Å². The highest BCUT2D eigenvalue weighted by Gasteiger charge is 2.13. The minimum atomic E-state index is -0.365. The number of benzene rings is 1. The second-order valence-corrected chi connectivity index (χ2v) is 6.44. The molecular formula is C15H17ClN2O3S. The SMILES string of the molecule is CCOC(=O)Cn1c(=NC(=O)C(C)C)sc2cc(Cl)ccc21. The predicted octanol–water partition coefficient (Wildman–Crippen LogP) is 3.00. The Labute approximate surface area is 137 Å². The van der Waals surface area contributed by atoms with Crippen LogP contribution in [0, 0.1) is 5.92 Å². The first-order valence-corrected chi connectivity index (χ1v) is 8.15. The molecule has 22 heavy (non-hydrogen) atoms. The molecule has 0 aliphatic heterocycles. The van der Waals surface area contributed by atoms with Crippen molar-refractivity contribution in [2.45, 2.75) is 27.3 Å². The van der Waals surface area contributed by atoms with Crippen LogP contribution in [0.3, 0.4) is 0 Å². The van der Waals surface area contributed by atoms with Gasteiger partial charge in [-0.3, -0.25) is 9.59 Å². The van der Waals surface area contributed by atoms with Crippen molar-refractivity contribution in [2.24, 2.45) is 10.9 Å². The minimum Gasteiger partial charge on any atom is -0.465 e. The molecule has 5 nitrogen and oxygen atoms in total. The van der Waals surface area contributed by atoms with Gasteiger partial charge in [0.1, 0.15) is 6.54 Å². The number of ether oxygens (including phenoxy) is 1. The number of carbonyl (C=O) groups is 2. The molecule has 0 atom stereocenters. The molecule has 1 amide bonds. The van der Waals surface area contributed by atoms with Crippen molar-refractivity contribution in [1.29, 1.82) is 0 Å². The maximum atomic E-state index is 11.9. The van der Waals surface area contributed by atoms with Crippen LogP contribution < -0.4 is 4.80 Å². The van der Waals surface area contributed by atoms with Crippen molar-refractivity contribution >= 4 is 45.0 Å². The Bertz CT molecular complexity index is 777.